The van der Waals surface area contributed by atoms with Gasteiger partial charge in [0.15, 0.2) is 0 Å². The Balaban J connectivity index is 2.09. The SMILES string of the molecule is [B][C@@]1(C)CCCC[C@]1(I)C1CCCCCCCC1. The lowest BCUT2D eigenvalue weighted by molar-refractivity contribution is 0.218. The van der Waals surface area contributed by atoms with E-state index in [2.05, 4.69) is 29.5 Å². The van der Waals surface area contributed by atoms with Crippen molar-refractivity contribution in [1.82, 2.24) is 0 Å². The fourth-order valence-corrected chi connectivity index (χ4v) is 5.40. The monoisotopic (exact) mass is 358 g/mol. The van der Waals surface area contributed by atoms with Crippen LogP contribution < -0.4 is 0 Å². The van der Waals surface area contributed by atoms with Gasteiger partial charge in [-0.05, 0) is 25.2 Å². The molecule has 0 aromatic heterocycles. The molecule has 0 aromatic rings. The van der Waals surface area contributed by atoms with Gasteiger partial charge in [0, 0.05) is 3.42 Å². The molecule has 102 valence electrons. The molecule has 2 aliphatic carbocycles. The number of hydrogen-bond acceptors (Lipinski definition) is 0. The van der Waals surface area contributed by atoms with Gasteiger partial charge in [-0.3, -0.25) is 0 Å². The van der Waals surface area contributed by atoms with Crippen LogP contribution in [0.3, 0.4) is 0 Å². The molecule has 0 aliphatic heterocycles. The van der Waals surface area contributed by atoms with Gasteiger partial charge in [-0.15, -0.1) is 0 Å². The Morgan fingerprint density at radius 2 is 1.33 bits per heavy atom. The van der Waals surface area contributed by atoms with E-state index in [4.69, 9.17) is 7.85 Å². The van der Waals surface area contributed by atoms with Gasteiger partial charge in [0.1, 0.15) is 0 Å². The molecule has 0 heterocycles. The summed E-state index contributed by atoms with van der Waals surface area (Å²) in [5.41, 5.74) is 0. The fourth-order valence-electron chi connectivity index (χ4n) is 4.13. The zero-order chi connectivity index (χ0) is 13.1. The van der Waals surface area contributed by atoms with E-state index in [0.29, 0.717) is 3.42 Å². The molecule has 2 saturated carbocycles. The molecule has 18 heavy (non-hydrogen) atoms. The Labute approximate surface area is 129 Å². The van der Waals surface area contributed by atoms with Crippen LogP contribution in [0.4, 0.5) is 0 Å². The van der Waals surface area contributed by atoms with Gasteiger partial charge in [-0.25, -0.2) is 0 Å². The molecule has 0 nitrogen and oxygen atoms in total. The first-order chi connectivity index (χ1) is 8.56. The molecule has 0 spiro atoms. The molecular weight excluding hydrogens is 330 g/mol. The van der Waals surface area contributed by atoms with Crippen molar-refractivity contribution in [2.75, 3.05) is 0 Å². The maximum Gasteiger partial charge on any atom is 0.0760 e. The second kappa shape index (κ2) is 6.50. The van der Waals surface area contributed by atoms with Gasteiger partial charge in [0.05, 0.1) is 7.85 Å². The van der Waals surface area contributed by atoms with E-state index < -0.39 is 0 Å². The number of rotatable bonds is 1. The minimum Gasteiger partial charge on any atom is -0.0788 e. The predicted molar refractivity (Wildman–Crippen MR) is 89.8 cm³/mol. The molecule has 2 aliphatic rings. The molecule has 2 rings (SSSR count). The molecule has 0 saturated heterocycles. The summed E-state index contributed by atoms with van der Waals surface area (Å²) in [5, 5.41) is 0.0601. The molecule has 2 heteroatoms. The summed E-state index contributed by atoms with van der Waals surface area (Å²) < 4.78 is 0.368. The maximum atomic E-state index is 6.71. The third-order valence-electron chi connectivity index (χ3n) is 5.44. The molecule has 0 N–H and O–H groups in total. The molecule has 0 aromatic carbocycles. The van der Waals surface area contributed by atoms with Gasteiger partial charge in [-0.1, -0.05) is 92.6 Å². The average molecular weight is 358 g/mol. The van der Waals surface area contributed by atoms with Gasteiger partial charge >= 0.3 is 0 Å². The summed E-state index contributed by atoms with van der Waals surface area (Å²) >= 11 is 2.77. The van der Waals surface area contributed by atoms with Crippen LogP contribution in [0.2, 0.25) is 5.31 Å². The Bertz CT molecular complexity index is 254. The Morgan fingerprint density at radius 3 is 1.89 bits per heavy atom. The smallest absolute Gasteiger partial charge is 0.0760 e. The highest BCUT2D eigenvalue weighted by molar-refractivity contribution is 14.1. The second-order valence-electron chi connectivity index (χ2n) is 6.88. The van der Waals surface area contributed by atoms with Crippen LogP contribution in [0, 0.1) is 5.92 Å². The molecule has 2 fully saturated rings. The van der Waals surface area contributed by atoms with Gasteiger partial charge < -0.3 is 0 Å². The minimum absolute atomic E-state index is 0.0601. The summed E-state index contributed by atoms with van der Waals surface area (Å²) in [6, 6.07) is 0. The third kappa shape index (κ3) is 3.27. The minimum atomic E-state index is 0.0601. The summed E-state index contributed by atoms with van der Waals surface area (Å²) in [4.78, 5) is 0. The number of hydrogen-bond donors (Lipinski definition) is 0. The first-order valence-electron chi connectivity index (χ1n) is 8.04. The number of halogens is 1. The van der Waals surface area contributed by atoms with Crippen molar-refractivity contribution in [3.05, 3.63) is 0 Å². The van der Waals surface area contributed by atoms with E-state index in [1.807, 2.05) is 0 Å². The van der Waals surface area contributed by atoms with Crippen molar-refractivity contribution in [2.24, 2.45) is 5.92 Å². The zero-order valence-electron chi connectivity index (χ0n) is 12.0. The molecule has 0 amide bonds. The average Bonchev–Trinajstić information content (AvgIpc) is 2.46. The second-order valence-corrected chi connectivity index (χ2v) is 8.81. The largest absolute Gasteiger partial charge is 0.0788 e. The third-order valence-corrected chi connectivity index (χ3v) is 8.09. The van der Waals surface area contributed by atoms with Crippen molar-refractivity contribution in [2.45, 2.75) is 92.7 Å². The van der Waals surface area contributed by atoms with E-state index in [1.54, 1.807) is 0 Å². The van der Waals surface area contributed by atoms with Crippen LogP contribution in [0.5, 0.6) is 0 Å². The van der Waals surface area contributed by atoms with Gasteiger partial charge in [0.25, 0.3) is 0 Å². The van der Waals surface area contributed by atoms with Crippen molar-refractivity contribution in [3.63, 3.8) is 0 Å². The fraction of sp³-hybridized carbons (Fsp3) is 1.00. The molecular formula is C16H28BI. The van der Waals surface area contributed by atoms with Crippen molar-refractivity contribution >= 4 is 30.4 Å². The predicted octanol–water partition coefficient (Wildman–Crippen LogP) is 5.83. The summed E-state index contributed by atoms with van der Waals surface area (Å²) in [6.45, 7) is 2.32. The van der Waals surface area contributed by atoms with Crippen LogP contribution in [-0.2, 0) is 0 Å². The standard InChI is InChI=1S/C16H28BI/c1-15(17)12-8-9-13-16(15,18)14-10-6-4-2-3-5-7-11-14/h14H,2-13H2,1H3/t15-,16-/m0/s1. The highest BCUT2D eigenvalue weighted by Crippen LogP contribution is 2.59. The topological polar surface area (TPSA) is 0 Å². The molecule has 0 unspecified atom stereocenters. The van der Waals surface area contributed by atoms with E-state index >= 15 is 0 Å². The zero-order valence-corrected chi connectivity index (χ0v) is 14.2. The Morgan fingerprint density at radius 1 is 0.833 bits per heavy atom. The number of alkyl halides is 1. The lowest BCUT2D eigenvalue weighted by atomic mass is 9.51. The van der Waals surface area contributed by atoms with Gasteiger partial charge in [0.2, 0.25) is 0 Å². The van der Waals surface area contributed by atoms with Crippen LogP contribution in [-0.4, -0.2) is 11.3 Å². The van der Waals surface area contributed by atoms with Crippen molar-refractivity contribution in [1.29, 1.82) is 0 Å². The summed E-state index contributed by atoms with van der Waals surface area (Å²) in [5.74, 6) is 0.867. The first kappa shape index (κ1) is 15.2. The van der Waals surface area contributed by atoms with Gasteiger partial charge in [-0.2, -0.15) is 0 Å². The quantitative estimate of drug-likeness (QED) is 0.314. The van der Waals surface area contributed by atoms with E-state index in [9.17, 15) is 0 Å². The van der Waals surface area contributed by atoms with Crippen LogP contribution >= 0.6 is 22.6 Å². The maximum absolute atomic E-state index is 6.71. The normalized spacial score (nSPS) is 40.8. The van der Waals surface area contributed by atoms with Crippen molar-refractivity contribution in [3.8, 4) is 0 Å². The Hall–Kier alpha value is 0.795. The Kier molecular flexibility index (Phi) is 5.48. The molecule has 0 bridgehead atoms. The van der Waals surface area contributed by atoms with Crippen LogP contribution in [0.25, 0.3) is 0 Å². The summed E-state index contributed by atoms with van der Waals surface area (Å²) in [7, 11) is 6.71. The summed E-state index contributed by atoms with van der Waals surface area (Å²) in [6.07, 6.45) is 16.9. The van der Waals surface area contributed by atoms with E-state index in [1.165, 1.54) is 77.0 Å². The first-order valence-corrected chi connectivity index (χ1v) is 9.12. The lowest BCUT2D eigenvalue weighted by Gasteiger charge is -2.52. The van der Waals surface area contributed by atoms with Crippen LogP contribution in [0.15, 0.2) is 0 Å². The van der Waals surface area contributed by atoms with Crippen LogP contribution in [0.1, 0.15) is 84.0 Å². The van der Waals surface area contributed by atoms with E-state index in [-0.39, 0.29) is 5.31 Å². The van der Waals surface area contributed by atoms with E-state index in [0.717, 1.165) is 5.92 Å². The van der Waals surface area contributed by atoms with Crippen molar-refractivity contribution < 1.29 is 0 Å². The highest BCUT2D eigenvalue weighted by atomic mass is 127. The molecule has 2 atom stereocenters. The highest BCUT2D eigenvalue weighted by Gasteiger charge is 2.48. The lowest BCUT2D eigenvalue weighted by Crippen LogP contribution is -2.45. The molecule has 2 radical (unpaired) electrons.